The number of hydrogen-bond donors (Lipinski definition) is 2. The van der Waals surface area contributed by atoms with Crippen molar-refractivity contribution in [3.05, 3.63) is 24.3 Å². The topological polar surface area (TPSA) is 64.4 Å². The molecule has 104 valence electrons. The van der Waals surface area contributed by atoms with Gasteiger partial charge in [-0.05, 0) is 25.0 Å². The number of carbonyl (C=O) groups is 1. The van der Waals surface area contributed by atoms with Crippen LogP contribution in [0.4, 0.5) is 14.5 Å². The van der Waals surface area contributed by atoms with E-state index in [0.29, 0.717) is 18.5 Å². The van der Waals surface area contributed by atoms with Gasteiger partial charge in [0.05, 0.1) is 5.54 Å². The normalized spacial score (nSPS) is 17.5. The second-order valence-corrected chi connectivity index (χ2v) is 4.72. The first-order valence-corrected chi connectivity index (χ1v) is 6.15. The Hall–Kier alpha value is -1.69. The summed E-state index contributed by atoms with van der Waals surface area (Å²) < 4.78 is 28.5. The quantitative estimate of drug-likeness (QED) is 0.883. The molecule has 1 fully saturated rings. The number of amides is 1. The predicted molar refractivity (Wildman–Crippen MR) is 67.1 cm³/mol. The molecule has 19 heavy (non-hydrogen) atoms. The van der Waals surface area contributed by atoms with E-state index in [2.05, 4.69) is 10.1 Å². The van der Waals surface area contributed by atoms with Crippen LogP contribution in [-0.4, -0.2) is 18.1 Å². The van der Waals surface area contributed by atoms with Crippen LogP contribution in [0.1, 0.15) is 25.7 Å². The van der Waals surface area contributed by atoms with Crippen LogP contribution in [0.15, 0.2) is 24.3 Å². The van der Waals surface area contributed by atoms with Crippen LogP contribution in [-0.2, 0) is 4.79 Å². The fraction of sp³-hybridized carbons (Fsp3) is 0.462. The summed E-state index contributed by atoms with van der Waals surface area (Å²) in [6, 6.07) is 5.89. The van der Waals surface area contributed by atoms with Gasteiger partial charge in [-0.1, -0.05) is 18.9 Å². The molecule has 1 aliphatic carbocycles. The van der Waals surface area contributed by atoms with Gasteiger partial charge in [-0.15, -0.1) is 0 Å². The van der Waals surface area contributed by atoms with Gasteiger partial charge in [0.25, 0.3) is 0 Å². The van der Waals surface area contributed by atoms with Crippen molar-refractivity contribution in [2.75, 3.05) is 5.32 Å². The summed E-state index contributed by atoms with van der Waals surface area (Å²) in [7, 11) is 0. The van der Waals surface area contributed by atoms with Crippen LogP contribution in [0.25, 0.3) is 0 Å². The Kier molecular flexibility index (Phi) is 3.99. The molecule has 4 nitrogen and oxygen atoms in total. The largest absolute Gasteiger partial charge is 0.435 e. The Morgan fingerprint density at radius 1 is 1.37 bits per heavy atom. The van der Waals surface area contributed by atoms with Crippen molar-refractivity contribution in [2.45, 2.75) is 37.8 Å². The van der Waals surface area contributed by atoms with Crippen molar-refractivity contribution in [1.82, 2.24) is 0 Å². The maximum Gasteiger partial charge on any atom is 0.387 e. The number of carbonyl (C=O) groups excluding carboxylic acids is 1. The van der Waals surface area contributed by atoms with E-state index >= 15 is 0 Å². The fourth-order valence-corrected chi connectivity index (χ4v) is 2.24. The van der Waals surface area contributed by atoms with Gasteiger partial charge in [-0.3, -0.25) is 4.79 Å². The highest BCUT2D eigenvalue weighted by molar-refractivity contribution is 5.98. The van der Waals surface area contributed by atoms with Crippen LogP contribution in [0.5, 0.6) is 5.75 Å². The van der Waals surface area contributed by atoms with E-state index in [1.54, 1.807) is 6.07 Å². The summed E-state index contributed by atoms with van der Waals surface area (Å²) >= 11 is 0. The number of benzene rings is 1. The van der Waals surface area contributed by atoms with Gasteiger partial charge in [0.15, 0.2) is 0 Å². The van der Waals surface area contributed by atoms with E-state index in [-0.39, 0.29) is 11.7 Å². The maximum atomic E-state index is 12.1. The summed E-state index contributed by atoms with van der Waals surface area (Å²) in [4.78, 5) is 12.0. The molecule has 6 heteroatoms. The average Bonchev–Trinajstić information content (AvgIpc) is 2.77. The smallest absolute Gasteiger partial charge is 0.387 e. The number of hydrogen-bond acceptors (Lipinski definition) is 3. The molecule has 0 bridgehead atoms. The highest BCUT2D eigenvalue weighted by atomic mass is 19.3. The molecule has 1 aromatic rings. The number of alkyl halides is 2. The van der Waals surface area contributed by atoms with Crippen molar-refractivity contribution in [1.29, 1.82) is 0 Å². The van der Waals surface area contributed by atoms with E-state index in [1.807, 2.05) is 0 Å². The highest BCUT2D eigenvalue weighted by Gasteiger charge is 2.36. The lowest BCUT2D eigenvalue weighted by Gasteiger charge is -2.22. The first-order chi connectivity index (χ1) is 8.99. The van der Waals surface area contributed by atoms with Crippen LogP contribution >= 0.6 is 0 Å². The summed E-state index contributed by atoms with van der Waals surface area (Å²) in [6.45, 7) is -2.89. The molecule has 0 saturated heterocycles. The van der Waals surface area contributed by atoms with Crippen molar-refractivity contribution in [3.8, 4) is 5.75 Å². The summed E-state index contributed by atoms with van der Waals surface area (Å²) in [6.07, 6.45) is 3.15. The Labute approximate surface area is 109 Å². The Bertz CT molecular complexity index is 460. The summed E-state index contributed by atoms with van der Waals surface area (Å²) in [5, 5.41) is 2.65. The zero-order valence-electron chi connectivity index (χ0n) is 10.4. The second-order valence-electron chi connectivity index (χ2n) is 4.72. The number of ether oxygens (including phenoxy) is 1. The third kappa shape index (κ3) is 3.41. The monoisotopic (exact) mass is 270 g/mol. The molecular weight excluding hydrogens is 254 g/mol. The minimum atomic E-state index is -2.89. The molecule has 0 aromatic heterocycles. The third-order valence-electron chi connectivity index (χ3n) is 3.27. The SMILES string of the molecule is NC1(C(=O)Nc2cccc(OC(F)F)c2)CCCC1. The van der Waals surface area contributed by atoms with E-state index in [4.69, 9.17) is 5.73 Å². The van der Waals surface area contributed by atoms with E-state index in [1.165, 1.54) is 18.2 Å². The van der Waals surface area contributed by atoms with E-state index in [0.717, 1.165) is 12.8 Å². The van der Waals surface area contributed by atoms with Gasteiger partial charge in [0.2, 0.25) is 5.91 Å². The molecule has 0 atom stereocenters. The highest BCUT2D eigenvalue weighted by Crippen LogP contribution is 2.29. The molecular formula is C13H16F2N2O2. The van der Waals surface area contributed by atoms with Crippen molar-refractivity contribution >= 4 is 11.6 Å². The molecule has 1 aromatic carbocycles. The molecule has 1 aliphatic rings. The molecule has 0 aliphatic heterocycles. The molecule has 1 amide bonds. The molecule has 0 radical (unpaired) electrons. The number of halogens is 2. The van der Waals surface area contributed by atoms with Gasteiger partial charge in [-0.25, -0.2) is 0 Å². The van der Waals surface area contributed by atoms with Crippen LogP contribution in [0.3, 0.4) is 0 Å². The van der Waals surface area contributed by atoms with Crippen LogP contribution < -0.4 is 15.8 Å². The average molecular weight is 270 g/mol. The van der Waals surface area contributed by atoms with Gasteiger partial charge < -0.3 is 15.8 Å². The maximum absolute atomic E-state index is 12.1. The van der Waals surface area contributed by atoms with Gasteiger partial charge in [0.1, 0.15) is 5.75 Å². The standard InChI is InChI=1S/C13H16F2N2O2/c14-12(15)19-10-5-3-4-9(8-10)17-11(18)13(16)6-1-2-7-13/h3-5,8,12H,1-2,6-7,16H2,(H,17,18). The Morgan fingerprint density at radius 2 is 2.05 bits per heavy atom. The van der Waals surface area contributed by atoms with Gasteiger partial charge in [-0.2, -0.15) is 8.78 Å². The van der Waals surface area contributed by atoms with Crippen LogP contribution in [0.2, 0.25) is 0 Å². The first-order valence-electron chi connectivity index (χ1n) is 6.15. The molecule has 1 saturated carbocycles. The van der Waals surface area contributed by atoms with E-state index < -0.39 is 12.2 Å². The minimum Gasteiger partial charge on any atom is -0.435 e. The van der Waals surface area contributed by atoms with Crippen LogP contribution in [0, 0.1) is 0 Å². The summed E-state index contributed by atoms with van der Waals surface area (Å²) in [5.41, 5.74) is 5.56. The third-order valence-corrected chi connectivity index (χ3v) is 3.27. The molecule has 3 N–H and O–H groups in total. The first kappa shape index (κ1) is 13.7. The Balaban J connectivity index is 2.04. The fourth-order valence-electron chi connectivity index (χ4n) is 2.24. The molecule has 0 unspecified atom stereocenters. The lowest BCUT2D eigenvalue weighted by Crippen LogP contribution is -2.48. The second kappa shape index (κ2) is 5.52. The zero-order valence-corrected chi connectivity index (χ0v) is 10.4. The predicted octanol–water partition coefficient (Wildman–Crippen LogP) is 2.50. The zero-order chi connectivity index (χ0) is 13.9. The van der Waals surface area contributed by atoms with E-state index in [9.17, 15) is 13.6 Å². The van der Waals surface area contributed by atoms with Crippen molar-refractivity contribution in [3.63, 3.8) is 0 Å². The lowest BCUT2D eigenvalue weighted by molar-refractivity contribution is -0.121. The number of anilines is 1. The number of nitrogens with two attached hydrogens (primary N) is 1. The molecule has 0 heterocycles. The van der Waals surface area contributed by atoms with Gasteiger partial charge in [0, 0.05) is 11.8 Å². The Morgan fingerprint density at radius 3 is 2.68 bits per heavy atom. The number of nitrogens with one attached hydrogen (secondary N) is 1. The van der Waals surface area contributed by atoms with Crippen molar-refractivity contribution < 1.29 is 18.3 Å². The van der Waals surface area contributed by atoms with Crippen molar-refractivity contribution in [2.24, 2.45) is 5.73 Å². The molecule has 2 rings (SSSR count). The number of rotatable bonds is 4. The van der Waals surface area contributed by atoms with Gasteiger partial charge >= 0.3 is 6.61 Å². The summed E-state index contributed by atoms with van der Waals surface area (Å²) in [5.74, 6) is -0.274. The molecule has 0 spiro atoms. The lowest BCUT2D eigenvalue weighted by atomic mass is 9.98. The minimum absolute atomic E-state index is 0.00490.